The predicted molar refractivity (Wildman–Crippen MR) is 75.7 cm³/mol. The summed E-state index contributed by atoms with van der Waals surface area (Å²) in [7, 11) is 0. The van der Waals surface area contributed by atoms with E-state index >= 15 is 0 Å². The Morgan fingerprint density at radius 1 is 1.22 bits per heavy atom. The largest absolute Gasteiger partial charge is 0.396 e. The topological polar surface area (TPSA) is 35.5 Å². The molecule has 1 heterocycles. The van der Waals surface area contributed by atoms with Crippen LogP contribution in [0.15, 0.2) is 0 Å². The van der Waals surface area contributed by atoms with Crippen molar-refractivity contribution in [2.45, 2.75) is 58.0 Å². The fraction of sp³-hybridized carbons (Fsp3) is 1.00. The molecule has 3 nitrogen and oxygen atoms in total. The monoisotopic (exact) mass is 254 g/mol. The molecule has 0 aromatic carbocycles. The summed E-state index contributed by atoms with van der Waals surface area (Å²) in [5.41, 5.74) is 0. The molecular formula is C15H30N2O. The van der Waals surface area contributed by atoms with Crippen LogP contribution >= 0.6 is 0 Å². The van der Waals surface area contributed by atoms with E-state index in [1.165, 1.54) is 45.3 Å². The molecule has 0 bridgehead atoms. The Hall–Kier alpha value is -0.120. The molecule has 0 radical (unpaired) electrons. The maximum atomic E-state index is 8.99. The fourth-order valence-electron chi connectivity index (χ4n) is 3.05. The molecule has 0 amide bonds. The second-order valence-corrected chi connectivity index (χ2v) is 6.56. The average molecular weight is 254 g/mol. The molecule has 2 aliphatic rings. The van der Waals surface area contributed by atoms with E-state index in [9.17, 15) is 0 Å². The van der Waals surface area contributed by atoms with Crippen LogP contribution in [0.5, 0.6) is 0 Å². The van der Waals surface area contributed by atoms with Crippen LogP contribution in [0.2, 0.25) is 0 Å². The van der Waals surface area contributed by atoms with Crippen LogP contribution in [0.25, 0.3) is 0 Å². The molecule has 2 fully saturated rings. The predicted octanol–water partition coefficient (Wildman–Crippen LogP) is 1.86. The van der Waals surface area contributed by atoms with Gasteiger partial charge < -0.3 is 10.4 Å². The van der Waals surface area contributed by atoms with Gasteiger partial charge in [-0.2, -0.15) is 0 Å². The lowest BCUT2D eigenvalue weighted by Gasteiger charge is -2.40. The minimum absolute atomic E-state index is 0.346. The molecule has 18 heavy (non-hydrogen) atoms. The van der Waals surface area contributed by atoms with E-state index < -0.39 is 0 Å². The van der Waals surface area contributed by atoms with Crippen molar-refractivity contribution in [3.63, 3.8) is 0 Å². The van der Waals surface area contributed by atoms with Crippen molar-refractivity contribution in [3.05, 3.63) is 0 Å². The zero-order chi connectivity index (χ0) is 13.0. The molecule has 1 aliphatic carbocycles. The van der Waals surface area contributed by atoms with Crippen molar-refractivity contribution in [1.29, 1.82) is 0 Å². The minimum atomic E-state index is 0.346. The van der Waals surface area contributed by atoms with Gasteiger partial charge in [-0.05, 0) is 64.3 Å². The molecule has 1 aliphatic heterocycles. The van der Waals surface area contributed by atoms with E-state index in [2.05, 4.69) is 24.1 Å². The average Bonchev–Trinajstić information content (AvgIpc) is 3.17. The van der Waals surface area contributed by atoms with Crippen LogP contribution in [0.1, 0.15) is 46.0 Å². The molecule has 0 aromatic heterocycles. The highest BCUT2D eigenvalue weighted by molar-refractivity contribution is 4.87. The van der Waals surface area contributed by atoms with Crippen molar-refractivity contribution in [2.75, 3.05) is 26.2 Å². The summed E-state index contributed by atoms with van der Waals surface area (Å²) < 4.78 is 0. The van der Waals surface area contributed by atoms with Gasteiger partial charge in [0.1, 0.15) is 0 Å². The maximum absolute atomic E-state index is 8.99. The molecule has 106 valence electrons. The van der Waals surface area contributed by atoms with Gasteiger partial charge in [-0.25, -0.2) is 0 Å². The van der Waals surface area contributed by atoms with Crippen LogP contribution in [0.4, 0.5) is 0 Å². The summed E-state index contributed by atoms with van der Waals surface area (Å²) in [6.07, 6.45) is 6.31. The maximum Gasteiger partial charge on any atom is 0.0431 e. The van der Waals surface area contributed by atoms with Gasteiger partial charge in [-0.15, -0.1) is 0 Å². The second-order valence-electron chi connectivity index (χ2n) is 6.56. The Morgan fingerprint density at radius 3 is 2.61 bits per heavy atom. The smallest absolute Gasteiger partial charge is 0.0431 e. The zero-order valence-corrected chi connectivity index (χ0v) is 12.1. The number of aliphatic hydroxyl groups excluding tert-OH is 1. The summed E-state index contributed by atoms with van der Waals surface area (Å²) >= 11 is 0. The Labute approximate surface area is 112 Å². The van der Waals surface area contributed by atoms with Gasteiger partial charge in [0.15, 0.2) is 0 Å². The fourth-order valence-corrected chi connectivity index (χ4v) is 3.05. The van der Waals surface area contributed by atoms with Gasteiger partial charge >= 0.3 is 0 Å². The van der Waals surface area contributed by atoms with E-state index in [0.29, 0.717) is 18.7 Å². The molecule has 1 saturated heterocycles. The number of hydrogen-bond donors (Lipinski definition) is 2. The van der Waals surface area contributed by atoms with E-state index in [1.807, 2.05) is 0 Å². The molecule has 2 rings (SSSR count). The molecule has 3 heteroatoms. The number of hydrogen-bond acceptors (Lipinski definition) is 3. The second kappa shape index (κ2) is 6.88. The van der Waals surface area contributed by atoms with E-state index in [-0.39, 0.29) is 0 Å². The van der Waals surface area contributed by atoms with Crippen LogP contribution in [0, 0.1) is 11.8 Å². The molecule has 2 N–H and O–H groups in total. The minimum Gasteiger partial charge on any atom is -0.396 e. The molecule has 1 saturated carbocycles. The highest BCUT2D eigenvalue weighted by Crippen LogP contribution is 2.29. The number of nitrogens with zero attached hydrogens (tertiary/aromatic N) is 1. The van der Waals surface area contributed by atoms with E-state index in [0.717, 1.165) is 18.3 Å². The standard InChI is InChI=1S/C15H30N2O/c1-12(2)17-10-14(4-3-7-18)8-15(11-17)16-9-13-5-6-13/h12-16,18H,3-11H2,1-2H3. The first kappa shape index (κ1) is 14.3. The van der Waals surface area contributed by atoms with Gasteiger partial charge in [-0.3, -0.25) is 4.90 Å². The lowest BCUT2D eigenvalue weighted by molar-refractivity contribution is 0.103. The Morgan fingerprint density at radius 2 is 2.00 bits per heavy atom. The van der Waals surface area contributed by atoms with Crippen molar-refractivity contribution < 1.29 is 5.11 Å². The summed E-state index contributed by atoms with van der Waals surface area (Å²) in [6.45, 7) is 8.60. The van der Waals surface area contributed by atoms with Crippen LogP contribution in [-0.4, -0.2) is 48.3 Å². The third-order valence-corrected chi connectivity index (χ3v) is 4.46. The highest BCUT2D eigenvalue weighted by atomic mass is 16.2. The van der Waals surface area contributed by atoms with Crippen molar-refractivity contribution >= 4 is 0 Å². The van der Waals surface area contributed by atoms with Gasteiger partial charge in [0.2, 0.25) is 0 Å². The number of likely N-dealkylation sites (tertiary alicyclic amines) is 1. The van der Waals surface area contributed by atoms with Gasteiger partial charge in [0, 0.05) is 31.8 Å². The third-order valence-electron chi connectivity index (χ3n) is 4.46. The normalized spacial score (nSPS) is 30.0. The van der Waals surface area contributed by atoms with Crippen LogP contribution in [0.3, 0.4) is 0 Å². The molecular weight excluding hydrogens is 224 g/mol. The van der Waals surface area contributed by atoms with Crippen LogP contribution < -0.4 is 5.32 Å². The number of nitrogens with one attached hydrogen (secondary N) is 1. The molecule has 2 atom stereocenters. The Bertz CT molecular complexity index is 241. The van der Waals surface area contributed by atoms with Crippen LogP contribution in [-0.2, 0) is 0 Å². The summed E-state index contributed by atoms with van der Waals surface area (Å²) in [5.74, 6) is 1.74. The van der Waals surface area contributed by atoms with Crippen molar-refractivity contribution in [3.8, 4) is 0 Å². The molecule has 0 spiro atoms. The van der Waals surface area contributed by atoms with Crippen molar-refractivity contribution in [2.24, 2.45) is 11.8 Å². The summed E-state index contributed by atoms with van der Waals surface area (Å²) in [5, 5.41) is 12.8. The lowest BCUT2D eigenvalue weighted by Crippen LogP contribution is -2.51. The highest BCUT2D eigenvalue weighted by Gasteiger charge is 2.29. The van der Waals surface area contributed by atoms with Gasteiger partial charge in [0.25, 0.3) is 0 Å². The zero-order valence-electron chi connectivity index (χ0n) is 12.1. The first-order valence-electron chi connectivity index (χ1n) is 7.77. The third kappa shape index (κ3) is 4.52. The van der Waals surface area contributed by atoms with Gasteiger partial charge in [0.05, 0.1) is 0 Å². The molecule has 2 unspecified atom stereocenters. The number of piperidine rings is 1. The summed E-state index contributed by atoms with van der Waals surface area (Å²) in [6, 6.07) is 1.32. The number of rotatable bonds is 7. The number of aliphatic hydroxyl groups is 1. The van der Waals surface area contributed by atoms with E-state index in [4.69, 9.17) is 5.11 Å². The Kier molecular flexibility index (Phi) is 5.46. The van der Waals surface area contributed by atoms with Crippen molar-refractivity contribution in [1.82, 2.24) is 10.2 Å². The first-order chi connectivity index (χ1) is 8.69. The lowest BCUT2D eigenvalue weighted by atomic mass is 9.89. The van der Waals surface area contributed by atoms with E-state index in [1.54, 1.807) is 0 Å². The molecule has 0 aromatic rings. The Balaban J connectivity index is 1.79. The summed E-state index contributed by atoms with van der Waals surface area (Å²) in [4.78, 5) is 2.61. The van der Waals surface area contributed by atoms with Gasteiger partial charge in [-0.1, -0.05) is 0 Å². The first-order valence-corrected chi connectivity index (χ1v) is 7.77. The quantitative estimate of drug-likeness (QED) is 0.728. The SMILES string of the molecule is CC(C)N1CC(CCCO)CC(NCC2CC2)C1.